The zero-order valence-electron chi connectivity index (χ0n) is 11.0. The standard InChI is InChI=1S/C17H20O2/c18-17(12-11-15-7-3-1-4-8-15)14-19-13-16-9-5-2-6-10-16/h1-10,17-18H,11-14H2. The highest BCUT2D eigenvalue weighted by Crippen LogP contribution is 2.06. The lowest BCUT2D eigenvalue weighted by molar-refractivity contribution is 0.0247. The summed E-state index contributed by atoms with van der Waals surface area (Å²) in [6.45, 7) is 0.949. The Hall–Kier alpha value is -1.64. The fourth-order valence-electron chi connectivity index (χ4n) is 1.95. The third-order valence-electron chi connectivity index (χ3n) is 3.03. The summed E-state index contributed by atoms with van der Waals surface area (Å²) in [4.78, 5) is 0. The molecule has 0 fully saturated rings. The monoisotopic (exact) mass is 256 g/mol. The van der Waals surface area contributed by atoms with Crippen molar-refractivity contribution in [3.05, 3.63) is 71.8 Å². The highest BCUT2D eigenvalue weighted by atomic mass is 16.5. The second kappa shape index (κ2) is 7.72. The van der Waals surface area contributed by atoms with Crippen LogP contribution in [0, 0.1) is 0 Å². The van der Waals surface area contributed by atoms with Crippen molar-refractivity contribution in [3.8, 4) is 0 Å². The van der Waals surface area contributed by atoms with E-state index in [1.165, 1.54) is 5.56 Å². The Morgan fingerprint density at radius 1 is 0.842 bits per heavy atom. The van der Waals surface area contributed by atoms with Gasteiger partial charge in [0.2, 0.25) is 0 Å². The van der Waals surface area contributed by atoms with E-state index in [9.17, 15) is 5.11 Å². The van der Waals surface area contributed by atoms with Crippen LogP contribution in [0.1, 0.15) is 17.5 Å². The smallest absolute Gasteiger partial charge is 0.0777 e. The Balaban J connectivity index is 1.64. The Labute approximate surface area is 114 Å². The topological polar surface area (TPSA) is 29.5 Å². The molecule has 0 aliphatic carbocycles. The Bertz CT molecular complexity index is 453. The molecule has 100 valence electrons. The van der Waals surface area contributed by atoms with Gasteiger partial charge in [-0.25, -0.2) is 0 Å². The predicted molar refractivity (Wildman–Crippen MR) is 76.9 cm³/mol. The number of aryl methyl sites for hydroxylation is 1. The number of ether oxygens (including phenoxy) is 1. The van der Waals surface area contributed by atoms with Crippen LogP contribution in [0.3, 0.4) is 0 Å². The summed E-state index contributed by atoms with van der Waals surface area (Å²) in [5.74, 6) is 0. The van der Waals surface area contributed by atoms with Crippen LogP contribution in [0.4, 0.5) is 0 Å². The van der Waals surface area contributed by atoms with E-state index in [1.807, 2.05) is 48.5 Å². The van der Waals surface area contributed by atoms with E-state index in [2.05, 4.69) is 12.1 Å². The largest absolute Gasteiger partial charge is 0.391 e. The van der Waals surface area contributed by atoms with Gasteiger partial charge >= 0.3 is 0 Å². The summed E-state index contributed by atoms with van der Waals surface area (Å²) in [5.41, 5.74) is 2.39. The van der Waals surface area contributed by atoms with Gasteiger partial charge < -0.3 is 9.84 Å². The number of benzene rings is 2. The molecule has 2 aromatic rings. The summed E-state index contributed by atoms with van der Waals surface area (Å²) in [7, 11) is 0. The van der Waals surface area contributed by atoms with E-state index in [0.29, 0.717) is 13.2 Å². The summed E-state index contributed by atoms with van der Waals surface area (Å²) < 4.78 is 5.52. The molecule has 2 aromatic carbocycles. The van der Waals surface area contributed by atoms with Crippen LogP contribution in [0.2, 0.25) is 0 Å². The minimum atomic E-state index is -0.399. The van der Waals surface area contributed by atoms with Crippen molar-refractivity contribution < 1.29 is 9.84 Å². The average molecular weight is 256 g/mol. The summed E-state index contributed by atoms with van der Waals surface area (Å²) in [6.07, 6.45) is 1.22. The molecule has 0 heterocycles. The maximum absolute atomic E-state index is 9.86. The minimum Gasteiger partial charge on any atom is -0.391 e. The van der Waals surface area contributed by atoms with Crippen LogP contribution in [0.5, 0.6) is 0 Å². The van der Waals surface area contributed by atoms with Crippen molar-refractivity contribution in [1.29, 1.82) is 0 Å². The molecule has 0 aliphatic heterocycles. The van der Waals surface area contributed by atoms with E-state index in [0.717, 1.165) is 18.4 Å². The predicted octanol–water partition coefficient (Wildman–Crippen LogP) is 3.20. The third kappa shape index (κ3) is 5.25. The molecule has 1 atom stereocenters. The number of hydrogen-bond donors (Lipinski definition) is 1. The van der Waals surface area contributed by atoms with Crippen LogP contribution in [0.15, 0.2) is 60.7 Å². The fourth-order valence-corrected chi connectivity index (χ4v) is 1.95. The van der Waals surface area contributed by atoms with Gasteiger partial charge in [-0.05, 0) is 24.0 Å². The van der Waals surface area contributed by atoms with Gasteiger partial charge in [0.1, 0.15) is 0 Å². The maximum Gasteiger partial charge on any atom is 0.0777 e. The van der Waals surface area contributed by atoms with Crippen LogP contribution in [0.25, 0.3) is 0 Å². The second-order valence-corrected chi connectivity index (χ2v) is 4.68. The third-order valence-corrected chi connectivity index (χ3v) is 3.03. The second-order valence-electron chi connectivity index (χ2n) is 4.68. The van der Waals surface area contributed by atoms with Crippen LogP contribution < -0.4 is 0 Å². The summed E-state index contributed by atoms with van der Waals surface area (Å²) >= 11 is 0. The van der Waals surface area contributed by atoms with Crippen molar-refractivity contribution in [2.45, 2.75) is 25.6 Å². The van der Waals surface area contributed by atoms with Crippen LogP contribution >= 0.6 is 0 Å². The quantitative estimate of drug-likeness (QED) is 0.824. The van der Waals surface area contributed by atoms with Crippen molar-refractivity contribution in [1.82, 2.24) is 0 Å². The molecule has 2 rings (SSSR count). The molecule has 1 N–H and O–H groups in total. The molecular weight excluding hydrogens is 236 g/mol. The molecule has 2 heteroatoms. The molecule has 0 aromatic heterocycles. The zero-order valence-corrected chi connectivity index (χ0v) is 11.0. The summed E-state index contributed by atoms with van der Waals surface area (Å²) in [6, 6.07) is 20.2. The van der Waals surface area contributed by atoms with Crippen LogP contribution in [-0.4, -0.2) is 17.8 Å². The van der Waals surface area contributed by atoms with Gasteiger partial charge in [-0.15, -0.1) is 0 Å². The lowest BCUT2D eigenvalue weighted by atomic mass is 10.1. The van der Waals surface area contributed by atoms with Gasteiger partial charge in [-0.3, -0.25) is 0 Å². The SMILES string of the molecule is OC(CCc1ccccc1)COCc1ccccc1. The molecule has 0 amide bonds. The fraction of sp³-hybridized carbons (Fsp3) is 0.294. The number of rotatable bonds is 7. The van der Waals surface area contributed by atoms with Crippen molar-refractivity contribution in [2.24, 2.45) is 0 Å². The minimum absolute atomic E-state index is 0.391. The van der Waals surface area contributed by atoms with E-state index in [4.69, 9.17) is 4.74 Å². The van der Waals surface area contributed by atoms with E-state index in [-0.39, 0.29) is 0 Å². The van der Waals surface area contributed by atoms with Gasteiger partial charge in [0.25, 0.3) is 0 Å². The Morgan fingerprint density at radius 3 is 2.05 bits per heavy atom. The molecule has 2 nitrogen and oxygen atoms in total. The first-order chi connectivity index (χ1) is 9.34. The highest BCUT2D eigenvalue weighted by Gasteiger charge is 2.05. The molecule has 0 radical (unpaired) electrons. The molecule has 0 saturated carbocycles. The van der Waals surface area contributed by atoms with Gasteiger partial charge in [0.05, 0.1) is 19.3 Å². The molecule has 0 saturated heterocycles. The number of aliphatic hydroxyl groups excluding tert-OH is 1. The molecule has 19 heavy (non-hydrogen) atoms. The number of aliphatic hydroxyl groups is 1. The van der Waals surface area contributed by atoms with E-state index < -0.39 is 6.10 Å². The maximum atomic E-state index is 9.86. The van der Waals surface area contributed by atoms with Gasteiger partial charge in [0.15, 0.2) is 0 Å². The molecular formula is C17H20O2. The first-order valence-electron chi connectivity index (χ1n) is 6.68. The lowest BCUT2D eigenvalue weighted by Crippen LogP contribution is -2.16. The van der Waals surface area contributed by atoms with Crippen molar-refractivity contribution in [3.63, 3.8) is 0 Å². The number of hydrogen-bond acceptors (Lipinski definition) is 2. The summed E-state index contributed by atoms with van der Waals surface area (Å²) in [5, 5.41) is 9.86. The Kier molecular flexibility index (Phi) is 5.60. The van der Waals surface area contributed by atoms with E-state index in [1.54, 1.807) is 0 Å². The highest BCUT2D eigenvalue weighted by molar-refractivity contribution is 5.15. The van der Waals surface area contributed by atoms with Crippen molar-refractivity contribution >= 4 is 0 Å². The lowest BCUT2D eigenvalue weighted by Gasteiger charge is -2.11. The molecule has 0 bridgehead atoms. The first-order valence-corrected chi connectivity index (χ1v) is 6.68. The van der Waals surface area contributed by atoms with Gasteiger partial charge in [-0.1, -0.05) is 60.7 Å². The molecule has 0 spiro atoms. The average Bonchev–Trinajstić information content (AvgIpc) is 2.47. The van der Waals surface area contributed by atoms with E-state index >= 15 is 0 Å². The zero-order chi connectivity index (χ0) is 13.3. The van der Waals surface area contributed by atoms with Gasteiger partial charge in [-0.2, -0.15) is 0 Å². The van der Waals surface area contributed by atoms with Gasteiger partial charge in [0, 0.05) is 0 Å². The molecule has 0 aliphatic rings. The first kappa shape index (κ1) is 13.8. The van der Waals surface area contributed by atoms with Crippen molar-refractivity contribution in [2.75, 3.05) is 6.61 Å². The van der Waals surface area contributed by atoms with Crippen LogP contribution in [-0.2, 0) is 17.8 Å². The Morgan fingerprint density at radius 2 is 1.42 bits per heavy atom. The molecule has 1 unspecified atom stereocenters. The normalized spacial score (nSPS) is 12.3.